The van der Waals surface area contributed by atoms with Gasteiger partial charge in [-0.05, 0) is 43.2 Å². The summed E-state index contributed by atoms with van der Waals surface area (Å²) in [5.74, 6) is 0.317. The van der Waals surface area contributed by atoms with E-state index in [-0.39, 0.29) is 11.3 Å². The summed E-state index contributed by atoms with van der Waals surface area (Å²) in [6, 6.07) is 9.17. The van der Waals surface area contributed by atoms with Gasteiger partial charge >= 0.3 is 0 Å². The summed E-state index contributed by atoms with van der Waals surface area (Å²) in [6.45, 7) is 7.50. The Kier molecular flexibility index (Phi) is 4.58. The average Bonchev–Trinajstić information content (AvgIpc) is 3.15. The Morgan fingerprint density at radius 3 is 2.63 bits per heavy atom. The van der Waals surface area contributed by atoms with Crippen LogP contribution < -0.4 is 5.43 Å². The number of nitrogens with one attached hydrogen (secondary N) is 1. The zero-order valence-corrected chi connectivity index (χ0v) is 15.6. The first kappa shape index (κ1) is 17.5. The number of fused-ring (bicyclic) bond motifs is 1. The van der Waals surface area contributed by atoms with Crippen molar-refractivity contribution < 1.29 is 9.21 Å². The predicted molar refractivity (Wildman–Crippen MR) is 104 cm³/mol. The molecule has 0 radical (unpaired) electrons. The molecular formula is C21H23N3O3. The third kappa shape index (κ3) is 3.53. The molecule has 0 unspecified atom stereocenters. The maximum atomic E-state index is 12.5. The van der Waals surface area contributed by atoms with Crippen LogP contribution in [0.5, 0.6) is 0 Å². The number of piperazine rings is 1. The van der Waals surface area contributed by atoms with Crippen LogP contribution in [0.25, 0.3) is 10.9 Å². The van der Waals surface area contributed by atoms with Crippen molar-refractivity contribution in [2.45, 2.75) is 20.4 Å². The van der Waals surface area contributed by atoms with Gasteiger partial charge in [-0.15, -0.1) is 0 Å². The molecule has 4 rings (SSSR count). The van der Waals surface area contributed by atoms with Gasteiger partial charge in [-0.25, -0.2) is 0 Å². The second kappa shape index (κ2) is 7.04. The lowest BCUT2D eigenvalue weighted by Crippen LogP contribution is -2.48. The molecule has 1 N–H and O–H groups in total. The van der Waals surface area contributed by atoms with Crippen molar-refractivity contribution in [2.24, 2.45) is 0 Å². The number of hydrogen-bond acceptors (Lipinski definition) is 4. The fraction of sp³-hybridized carbons (Fsp3) is 0.333. The van der Waals surface area contributed by atoms with E-state index in [2.05, 4.69) is 9.88 Å². The van der Waals surface area contributed by atoms with Crippen molar-refractivity contribution in [1.82, 2.24) is 14.8 Å². The van der Waals surface area contributed by atoms with Gasteiger partial charge in [0.2, 0.25) is 0 Å². The summed E-state index contributed by atoms with van der Waals surface area (Å²) in [7, 11) is 0. The monoisotopic (exact) mass is 365 g/mol. The number of aryl methyl sites for hydroxylation is 2. The molecule has 0 spiro atoms. The van der Waals surface area contributed by atoms with Gasteiger partial charge in [-0.1, -0.05) is 6.07 Å². The normalized spacial score (nSPS) is 15.4. The summed E-state index contributed by atoms with van der Waals surface area (Å²) >= 11 is 0. The SMILES string of the molecule is Cc1cc(C)c2c(=O)cc(CN3CCN(C(=O)c4ccco4)CC3)[nH]c2c1. The van der Waals surface area contributed by atoms with Crippen LogP contribution in [0.4, 0.5) is 0 Å². The quantitative estimate of drug-likeness (QED) is 0.775. The van der Waals surface area contributed by atoms with Crippen LogP contribution in [0.3, 0.4) is 0 Å². The molecule has 1 aliphatic heterocycles. The molecule has 1 saturated heterocycles. The van der Waals surface area contributed by atoms with E-state index >= 15 is 0 Å². The summed E-state index contributed by atoms with van der Waals surface area (Å²) < 4.78 is 5.20. The lowest BCUT2D eigenvalue weighted by atomic mass is 10.1. The number of aromatic amines is 1. The molecule has 6 heteroatoms. The molecule has 2 aromatic heterocycles. The molecule has 1 aromatic carbocycles. The van der Waals surface area contributed by atoms with E-state index < -0.39 is 0 Å². The van der Waals surface area contributed by atoms with E-state index in [9.17, 15) is 9.59 Å². The van der Waals surface area contributed by atoms with Gasteiger partial charge in [0, 0.05) is 49.9 Å². The molecular weight excluding hydrogens is 342 g/mol. The minimum atomic E-state index is -0.0651. The molecule has 0 atom stereocenters. The van der Waals surface area contributed by atoms with Crippen LogP contribution in [-0.4, -0.2) is 46.9 Å². The Balaban J connectivity index is 1.46. The molecule has 1 amide bonds. The Bertz CT molecular complexity index is 1030. The number of rotatable bonds is 3. The van der Waals surface area contributed by atoms with Crippen molar-refractivity contribution in [3.8, 4) is 0 Å². The number of carbonyl (C=O) groups excluding carboxylic acids is 1. The number of aromatic nitrogens is 1. The number of nitrogens with zero attached hydrogens (tertiary/aromatic N) is 2. The number of benzene rings is 1. The van der Waals surface area contributed by atoms with Gasteiger partial charge in [0.15, 0.2) is 11.2 Å². The Morgan fingerprint density at radius 2 is 1.93 bits per heavy atom. The lowest BCUT2D eigenvalue weighted by molar-refractivity contribution is 0.0596. The van der Waals surface area contributed by atoms with Crippen LogP contribution in [0, 0.1) is 13.8 Å². The minimum Gasteiger partial charge on any atom is -0.459 e. The first-order valence-electron chi connectivity index (χ1n) is 9.19. The molecule has 0 saturated carbocycles. The maximum absolute atomic E-state index is 12.5. The number of H-pyrrole nitrogens is 1. The van der Waals surface area contributed by atoms with E-state index in [0.717, 1.165) is 40.8 Å². The van der Waals surface area contributed by atoms with Gasteiger partial charge in [0.25, 0.3) is 5.91 Å². The number of carbonyl (C=O) groups is 1. The van der Waals surface area contributed by atoms with Crippen molar-refractivity contribution in [3.05, 3.63) is 69.4 Å². The average molecular weight is 365 g/mol. The zero-order chi connectivity index (χ0) is 19.0. The highest BCUT2D eigenvalue weighted by atomic mass is 16.3. The lowest BCUT2D eigenvalue weighted by Gasteiger charge is -2.34. The van der Waals surface area contributed by atoms with Crippen molar-refractivity contribution in [1.29, 1.82) is 0 Å². The molecule has 1 fully saturated rings. The van der Waals surface area contributed by atoms with Gasteiger partial charge in [0.1, 0.15) is 0 Å². The summed E-state index contributed by atoms with van der Waals surface area (Å²) in [5.41, 5.74) is 3.99. The van der Waals surface area contributed by atoms with Crippen molar-refractivity contribution in [3.63, 3.8) is 0 Å². The Hall–Kier alpha value is -2.86. The number of hydrogen-bond donors (Lipinski definition) is 1. The second-order valence-corrected chi connectivity index (χ2v) is 7.21. The minimum absolute atomic E-state index is 0.0582. The molecule has 140 valence electrons. The van der Waals surface area contributed by atoms with Crippen molar-refractivity contribution in [2.75, 3.05) is 26.2 Å². The molecule has 3 aromatic rings. The largest absolute Gasteiger partial charge is 0.459 e. The second-order valence-electron chi connectivity index (χ2n) is 7.21. The Labute approximate surface area is 157 Å². The standard InChI is InChI=1S/C21H23N3O3/c1-14-10-15(2)20-17(11-14)22-16(12-18(20)25)13-23-5-7-24(8-6-23)21(26)19-4-3-9-27-19/h3-4,9-12H,5-8,13H2,1-2H3,(H,22,25). The molecule has 6 nitrogen and oxygen atoms in total. The number of amides is 1. The van der Waals surface area contributed by atoms with Gasteiger partial charge in [0.05, 0.1) is 11.8 Å². The molecule has 0 aliphatic carbocycles. The number of pyridine rings is 1. The fourth-order valence-electron chi connectivity index (χ4n) is 3.82. The van der Waals surface area contributed by atoms with E-state index in [1.165, 1.54) is 6.26 Å². The van der Waals surface area contributed by atoms with E-state index in [1.807, 2.05) is 30.9 Å². The van der Waals surface area contributed by atoms with Crippen LogP contribution in [0.2, 0.25) is 0 Å². The smallest absolute Gasteiger partial charge is 0.289 e. The highest BCUT2D eigenvalue weighted by Crippen LogP contribution is 2.17. The van der Waals surface area contributed by atoms with Crippen molar-refractivity contribution >= 4 is 16.8 Å². The summed E-state index contributed by atoms with van der Waals surface area (Å²) in [5, 5.41) is 0.762. The highest BCUT2D eigenvalue weighted by molar-refractivity contribution is 5.91. The molecule has 27 heavy (non-hydrogen) atoms. The van der Waals surface area contributed by atoms with E-state index in [0.29, 0.717) is 25.4 Å². The van der Waals surface area contributed by atoms with E-state index in [4.69, 9.17) is 4.42 Å². The van der Waals surface area contributed by atoms with Gasteiger partial charge in [-0.3, -0.25) is 14.5 Å². The Morgan fingerprint density at radius 1 is 1.15 bits per heavy atom. The molecule has 0 bridgehead atoms. The van der Waals surface area contributed by atoms with Gasteiger partial charge < -0.3 is 14.3 Å². The summed E-state index contributed by atoms with van der Waals surface area (Å²) in [6.07, 6.45) is 1.52. The van der Waals surface area contributed by atoms with Crippen LogP contribution in [0.1, 0.15) is 27.4 Å². The highest BCUT2D eigenvalue weighted by Gasteiger charge is 2.23. The third-order valence-corrected chi connectivity index (χ3v) is 5.11. The molecule has 1 aliphatic rings. The van der Waals surface area contributed by atoms with E-state index in [1.54, 1.807) is 18.2 Å². The zero-order valence-electron chi connectivity index (χ0n) is 15.6. The summed E-state index contributed by atoms with van der Waals surface area (Å²) in [4.78, 5) is 32.4. The third-order valence-electron chi connectivity index (χ3n) is 5.11. The van der Waals surface area contributed by atoms with Gasteiger partial charge in [-0.2, -0.15) is 0 Å². The van der Waals surface area contributed by atoms with Crippen LogP contribution in [0.15, 0.2) is 45.8 Å². The molecule has 3 heterocycles. The first-order valence-corrected chi connectivity index (χ1v) is 9.19. The predicted octanol–water partition coefficient (Wildman–Crippen LogP) is 2.70. The van der Waals surface area contributed by atoms with Crippen LogP contribution in [-0.2, 0) is 6.54 Å². The maximum Gasteiger partial charge on any atom is 0.289 e. The number of furan rings is 1. The first-order chi connectivity index (χ1) is 13.0. The fourth-order valence-corrected chi connectivity index (χ4v) is 3.82. The topological polar surface area (TPSA) is 69.6 Å². The van der Waals surface area contributed by atoms with Crippen LogP contribution >= 0.6 is 0 Å².